The molecule has 0 radical (unpaired) electrons. The van der Waals surface area contributed by atoms with Crippen molar-refractivity contribution in [3.05, 3.63) is 24.0 Å². The van der Waals surface area contributed by atoms with E-state index in [-0.39, 0.29) is 0 Å². The fraction of sp³-hybridized carbons (Fsp3) is 0.789. The van der Waals surface area contributed by atoms with E-state index in [4.69, 9.17) is 4.74 Å². The summed E-state index contributed by atoms with van der Waals surface area (Å²) in [5, 5.41) is 0. The Morgan fingerprint density at radius 1 is 1.24 bits per heavy atom. The van der Waals surface area contributed by atoms with Gasteiger partial charge in [0.25, 0.3) is 0 Å². The Morgan fingerprint density at radius 2 is 2.00 bits per heavy atom. The summed E-state index contributed by atoms with van der Waals surface area (Å²) in [6, 6.07) is 0.574. The Kier molecular flexibility index (Phi) is 6.82. The van der Waals surface area contributed by atoms with Gasteiger partial charge in [0.15, 0.2) is 0 Å². The van der Waals surface area contributed by atoms with Crippen LogP contribution in [0.4, 0.5) is 0 Å². The Hall–Kier alpha value is -0.760. The smallest absolute Gasteiger partial charge is 0.114 e. The van der Waals surface area contributed by atoms with Crippen LogP contribution < -0.4 is 0 Å². The predicted octanol–water partition coefficient (Wildman–Crippen LogP) is 4.77. The quantitative estimate of drug-likeness (QED) is 0.669. The van der Waals surface area contributed by atoms with Crippen molar-refractivity contribution in [3.63, 3.8) is 0 Å². The van der Waals surface area contributed by atoms with Gasteiger partial charge in [-0.05, 0) is 56.2 Å². The first kappa shape index (κ1) is 16.6. The van der Waals surface area contributed by atoms with Crippen molar-refractivity contribution in [2.24, 2.45) is 11.8 Å². The lowest BCUT2D eigenvalue weighted by Gasteiger charge is -2.35. The summed E-state index contributed by atoms with van der Waals surface area (Å²) in [6.07, 6.45) is 16.4. The highest BCUT2D eigenvalue weighted by atomic mass is 16.5. The zero-order chi connectivity index (χ0) is 15.1. The molecule has 1 unspecified atom stereocenters. The molecule has 0 aromatic carbocycles. The first-order chi connectivity index (χ1) is 10.2. The van der Waals surface area contributed by atoms with E-state index in [9.17, 15) is 0 Å². The average molecular weight is 291 g/mol. The number of methoxy groups -OCH3 is 1. The topological polar surface area (TPSA) is 12.5 Å². The maximum Gasteiger partial charge on any atom is 0.114 e. The zero-order valence-corrected chi connectivity index (χ0v) is 14.2. The zero-order valence-electron chi connectivity index (χ0n) is 14.2. The number of hydrogen-bond donors (Lipinski definition) is 0. The Labute approximate surface area is 131 Å². The lowest BCUT2D eigenvalue weighted by atomic mass is 9.88. The molecule has 1 atom stereocenters. The van der Waals surface area contributed by atoms with E-state index in [1.165, 1.54) is 51.6 Å². The average Bonchev–Trinajstić information content (AvgIpc) is 2.52. The summed E-state index contributed by atoms with van der Waals surface area (Å²) < 4.78 is 5.32. The van der Waals surface area contributed by atoms with Crippen molar-refractivity contribution in [2.75, 3.05) is 20.2 Å². The van der Waals surface area contributed by atoms with Gasteiger partial charge in [-0.2, -0.15) is 0 Å². The molecule has 0 spiro atoms. The van der Waals surface area contributed by atoms with Gasteiger partial charge < -0.3 is 4.74 Å². The summed E-state index contributed by atoms with van der Waals surface area (Å²) in [6.45, 7) is 7.19. The first-order valence-electron chi connectivity index (χ1n) is 8.85. The fourth-order valence-corrected chi connectivity index (χ4v) is 3.53. The molecule has 0 aliphatic heterocycles. The summed E-state index contributed by atoms with van der Waals surface area (Å²) in [5.41, 5.74) is 0. The van der Waals surface area contributed by atoms with Crippen LogP contribution in [0.25, 0.3) is 0 Å². The molecule has 2 heteroatoms. The molecule has 2 aliphatic carbocycles. The Morgan fingerprint density at radius 3 is 2.57 bits per heavy atom. The number of ether oxygens (including phenoxy) is 1. The molecule has 0 aromatic heterocycles. The highest BCUT2D eigenvalue weighted by Crippen LogP contribution is 2.27. The lowest BCUT2D eigenvalue weighted by Crippen LogP contribution is -2.39. The van der Waals surface area contributed by atoms with Crippen LogP contribution in [-0.2, 0) is 4.74 Å². The highest BCUT2D eigenvalue weighted by molar-refractivity contribution is 5.20. The van der Waals surface area contributed by atoms with E-state index in [1.807, 2.05) is 0 Å². The Bertz CT molecular complexity index is 353. The second-order valence-corrected chi connectivity index (χ2v) is 7.15. The van der Waals surface area contributed by atoms with Crippen LogP contribution >= 0.6 is 0 Å². The molecule has 0 amide bonds. The van der Waals surface area contributed by atoms with E-state index in [0.717, 1.165) is 24.0 Å². The van der Waals surface area contributed by atoms with Crippen LogP contribution in [0.3, 0.4) is 0 Å². The van der Waals surface area contributed by atoms with Gasteiger partial charge in [0.2, 0.25) is 0 Å². The van der Waals surface area contributed by atoms with Gasteiger partial charge in [-0.15, -0.1) is 0 Å². The van der Waals surface area contributed by atoms with Crippen LogP contribution in [0.1, 0.15) is 58.8 Å². The first-order valence-corrected chi connectivity index (χ1v) is 8.85. The van der Waals surface area contributed by atoms with E-state index in [1.54, 1.807) is 7.11 Å². The number of allylic oxidation sites excluding steroid dienone is 1. The highest BCUT2D eigenvalue weighted by Gasteiger charge is 2.22. The third kappa shape index (κ3) is 5.50. The van der Waals surface area contributed by atoms with Crippen LogP contribution in [0.2, 0.25) is 0 Å². The summed E-state index contributed by atoms with van der Waals surface area (Å²) in [5.74, 6) is 2.73. The maximum atomic E-state index is 5.32. The van der Waals surface area contributed by atoms with Crippen LogP contribution in [-0.4, -0.2) is 31.1 Å². The number of nitrogens with zero attached hydrogens (tertiary/aromatic N) is 1. The van der Waals surface area contributed by atoms with Gasteiger partial charge >= 0.3 is 0 Å². The molecular formula is C19H33NO. The maximum absolute atomic E-state index is 5.32. The van der Waals surface area contributed by atoms with E-state index < -0.39 is 0 Å². The van der Waals surface area contributed by atoms with Gasteiger partial charge in [-0.25, -0.2) is 0 Å². The monoisotopic (exact) mass is 291 g/mol. The van der Waals surface area contributed by atoms with E-state index in [2.05, 4.69) is 37.0 Å². The standard InChI is InChI=1S/C19H33NO/c1-16(2)13-14-20(15-17-7-5-4-6-8-17)18-9-11-19(21-3)12-10-18/h9,11-12,16-18H,4-8,10,13-15H2,1-3H3. The normalized spacial score (nSPS) is 23.7. The second kappa shape index (κ2) is 8.63. The molecule has 120 valence electrons. The molecule has 2 rings (SSSR count). The largest absolute Gasteiger partial charge is 0.497 e. The van der Waals surface area contributed by atoms with Gasteiger partial charge in [-0.1, -0.05) is 39.2 Å². The molecule has 0 aromatic rings. The molecule has 0 bridgehead atoms. The van der Waals surface area contributed by atoms with Crippen LogP contribution in [0, 0.1) is 11.8 Å². The minimum Gasteiger partial charge on any atom is -0.497 e. The molecule has 1 saturated carbocycles. The third-order valence-corrected chi connectivity index (χ3v) is 4.96. The number of rotatable bonds is 7. The molecule has 1 fully saturated rings. The van der Waals surface area contributed by atoms with Crippen molar-refractivity contribution in [3.8, 4) is 0 Å². The number of hydrogen-bond acceptors (Lipinski definition) is 2. The van der Waals surface area contributed by atoms with Crippen molar-refractivity contribution < 1.29 is 4.74 Å². The SMILES string of the molecule is COC1=CCC(N(CCC(C)C)CC2CCCCC2)C=C1. The van der Waals surface area contributed by atoms with Crippen molar-refractivity contribution >= 4 is 0 Å². The molecule has 0 heterocycles. The fourth-order valence-electron chi connectivity index (χ4n) is 3.53. The van der Waals surface area contributed by atoms with Gasteiger partial charge in [-0.3, -0.25) is 4.90 Å². The molecule has 2 aliphatic rings. The molecule has 0 N–H and O–H groups in total. The van der Waals surface area contributed by atoms with Gasteiger partial charge in [0, 0.05) is 12.6 Å². The summed E-state index contributed by atoms with van der Waals surface area (Å²) in [4.78, 5) is 2.73. The second-order valence-electron chi connectivity index (χ2n) is 7.15. The van der Waals surface area contributed by atoms with Crippen molar-refractivity contribution in [2.45, 2.75) is 64.8 Å². The summed E-state index contributed by atoms with van der Waals surface area (Å²) >= 11 is 0. The molecule has 2 nitrogen and oxygen atoms in total. The minimum atomic E-state index is 0.574. The van der Waals surface area contributed by atoms with E-state index >= 15 is 0 Å². The van der Waals surface area contributed by atoms with E-state index in [0.29, 0.717) is 6.04 Å². The van der Waals surface area contributed by atoms with Crippen molar-refractivity contribution in [1.29, 1.82) is 0 Å². The minimum absolute atomic E-state index is 0.574. The lowest BCUT2D eigenvalue weighted by molar-refractivity contribution is 0.161. The van der Waals surface area contributed by atoms with Crippen LogP contribution in [0.5, 0.6) is 0 Å². The van der Waals surface area contributed by atoms with Gasteiger partial charge in [0.05, 0.1) is 7.11 Å². The third-order valence-electron chi connectivity index (χ3n) is 4.96. The summed E-state index contributed by atoms with van der Waals surface area (Å²) in [7, 11) is 1.76. The van der Waals surface area contributed by atoms with Crippen molar-refractivity contribution in [1.82, 2.24) is 4.90 Å². The predicted molar refractivity (Wildman–Crippen MR) is 90.2 cm³/mol. The molecule has 0 saturated heterocycles. The Balaban J connectivity index is 1.91. The van der Waals surface area contributed by atoms with Crippen LogP contribution in [0.15, 0.2) is 24.0 Å². The van der Waals surface area contributed by atoms with Gasteiger partial charge in [0.1, 0.15) is 5.76 Å². The molecule has 21 heavy (non-hydrogen) atoms. The molecular weight excluding hydrogens is 258 g/mol.